The molecule has 0 atom stereocenters. The first-order valence-corrected chi connectivity index (χ1v) is 5.79. The molecule has 1 aromatic heterocycles. The molecule has 0 fully saturated rings. The lowest BCUT2D eigenvalue weighted by atomic mass is 9.81. The number of nitrogens with zero attached hydrogens (tertiary/aromatic N) is 1. The van der Waals surface area contributed by atoms with E-state index in [0.29, 0.717) is 0 Å². The van der Waals surface area contributed by atoms with Crippen LogP contribution in [0.1, 0.15) is 49.2 Å². The second kappa shape index (κ2) is 3.79. The Labute approximate surface area is 85.2 Å². The standard InChI is InChI=1S/C11H19NS/c1-6-11(5,7-2)10-8(3)13-9(4)12-10/h6-7H2,1-5H3. The quantitative estimate of drug-likeness (QED) is 0.717. The number of hydrogen-bond acceptors (Lipinski definition) is 2. The van der Waals surface area contributed by atoms with Gasteiger partial charge in [-0.05, 0) is 26.7 Å². The minimum absolute atomic E-state index is 0.287. The van der Waals surface area contributed by atoms with Crippen molar-refractivity contribution in [1.82, 2.24) is 4.98 Å². The van der Waals surface area contributed by atoms with Gasteiger partial charge in [-0.2, -0.15) is 0 Å². The molecule has 1 aromatic rings. The maximum absolute atomic E-state index is 4.64. The molecule has 2 heteroatoms. The third-order valence-electron chi connectivity index (χ3n) is 3.04. The Balaban J connectivity index is 3.11. The van der Waals surface area contributed by atoms with Crippen LogP contribution >= 0.6 is 11.3 Å². The van der Waals surface area contributed by atoms with E-state index in [1.807, 2.05) is 11.3 Å². The molecule has 0 unspecified atom stereocenters. The van der Waals surface area contributed by atoms with Crippen LogP contribution in [0.5, 0.6) is 0 Å². The fourth-order valence-electron chi connectivity index (χ4n) is 1.67. The molecule has 0 saturated carbocycles. The molecule has 1 heterocycles. The van der Waals surface area contributed by atoms with Gasteiger partial charge in [0.15, 0.2) is 0 Å². The molecule has 1 nitrogen and oxygen atoms in total. The van der Waals surface area contributed by atoms with Crippen LogP contribution in [0, 0.1) is 13.8 Å². The minimum Gasteiger partial charge on any atom is -0.246 e. The highest BCUT2D eigenvalue weighted by atomic mass is 32.1. The molecule has 0 aliphatic carbocycles. The van der Waals surface area contributed by atoms with Crippen LogP contribution in [0.25, 0.3) is 0 Å². The topological polar surface area (TPSA) is 12.9 Å². The normalized spacial score (nSPS) is 12.1. The lowest BCUT2D eigenvalue weighted by molar-refractivity contribution is 0.425. The molecule has 0 N–H and O–H groups in total. The summed E-state index contributed by atoms with van der Waals surface area (Å²) in [5, 5.41) is 1.20. The highest BCUT2D eigenvalue weighted by Crippen LogP contribution is 2.34. The first-order chi connectivity index (χ1) is 6.03. The van der Waals surface area contributed by atoms with Gasteiger partial charge in [0, 0.05) is 10.3 Å². The van der Waals surface area contributed by atoms with Crippen LogP contribution in [0.15, 0.2) is 0 Å². The van der Waals surface area contributed by atoms with E-state index in [2.05, 4.69) is 39.6 Å². The van der Waals surface area contributed by atoms with Crippen molar-refractivity contribution in [3.8, 4) is 0 Å². The number of hydrogen-bond donors (Lipinski definition) is 0. The van der Waals surface area contributed by atoms with E-state index in [1.54, 1.807) is 0 Å². The Bertz CT molecular complexity index is 284. The summed E-state index contributed by atoms with van der Waals surface area (Å²) < 4.78 is 0. The molecule has 0 bridgehead atoms. The fraction of sp³-hybridized carbons (Fsp3) is 0.727. The second-order valence-electron chi connectivity index (χ2n) is 3.91. The van der Waals surface area contributed by atoms with Crippen LogP contribution in [0.4, 0.5) is 0 Å². The predicted molar refractivity (Wildman–Crippen MR) is 59.5 cm³/mol. The fourth-order valence-corrected chi connectivity index (χ4v) is 2.64. The average Bonchev–Trinajstić information content (AvgIpc) is 2.44. The van der Waals surface area contributed by atoms with E-state index in [0.717, 1.165) is 0 Å². The molecule has 0 aliphatic heterocycles. The zero-order valence-corrected chi connectivity index (χ0v) is 10.1. The lowest BCUT2D eigenvalue weighted by Crippen LogP contribution is -2.21. The number of rotatable bonds is 3. The van der Waals surface area contributed by atoms with Crippen LogP contribution in [0.2, 0.25) is 0 Å². The average molecular weight is 197 g/mol. The SMILES string of the molecule is CCC(C)(CC)c1nc(C)sc1C. The first-order valence-electron chi connectivity index (χ1n) is 4.98. The summed E-state index contributed by atoms with van der Waals surface area (Å²) in [6.07, 6.45) is 2.35. The van der Waals surface area contributed by atoms with Gasteiger partial charge in [0.2, 0.25) is 0 Å². The van der Waals surface area contributed by atoms with Gasteiger partial charge >= 0.3 is 0 Å². The van der Waals surface area contributed by atoms with E-state index in [1.165, 1.54) is 28.4 Å². The predicted octanol–water partition coefficient (Wildman–Crippen LogP) is 3.84. The summed E-state index contributed by atoms with van der Waals surface area (Å²) in [7, 11) is 0. The monoisotopic (exact) mass is 197 g/mol. The van der Waals surface area contributed by atoms with E-state index in [9.17, 15) is 0 Å². The molecule has 74 valence electrons. The Morgan fingerprint density at radius 2 is 1.77 bits per heavy atom. The van der Waals surface area contributed by atoms with E-state index in [-0.39, 0.29) is 5.41 Å². The Hall–Kier alpha value is -0.370. The van der Waals surface area contributed by atoms with Crippen molar-refractivity contribution in [2.24, 2.45) is 0 Å². The summed E-state index contributed by atoms with van der Waals surface area (Å²) in [6.45, 7) is 11.1. The van der Waals surface area contributed by atoms with Gasteiger partial charge < -0.3 is 0 Å². The van der Waals surface area contributed by atoms with Crippen molar-refractivity contribution in [1.29, 1.82) is 0 Å². The second-order valence-corrected chi connectivity index (χ2v) is 5.31. The summed E-state index contributed by atoms with van der Waals surface area (Å²) in [6, 6.07) is 0. The molecule has 0 spiro atoms. The van der Waals surface area contributed by atoms with Crippen molar-refractivity contribution < 1.29 is 0 Å². The Kier molecular flexibility index (Phi) is 3.12. The first kappa shape index (κ1) is 10.7. The van der Waals surface area contributed by atoms with Gasteiger partial charge in [-0.15, -0.1) is 11.3 Å². The Morgan fingerprint density at radius 3 is 2.08 bits per heavy atom. The molecular weight excluding hydrogens is 178 g/mol. The van der Waals surface area contributed by atoms with Gasteiger partial charge in [0.1, 0.15) is 0 Å². The summed E-state index contributed by atoms with van der Waals surface area (Å²) in [4.78, 5) is 6.03. The molecule has 1 rings (SSSR count). The summed E-state index contributed by atoms with van der Waals surface area (Å²) in [5.74, 6) is 0. The Morgan fingerprint density at radius 1 is 1.23 bits per heavy atom. The number of aromatic nitrogens is 1. The largest absolute Gasteiger partial charge is 0.246 e. The molecule has 0 amide bonds. The van der Waals surface area contributed by atoms with Gasteiger partial charge in [0.05, 0.1) is 10.7 Å². The highest BCUT2D eigenvalue weighted by molar-refractivity contribution is 7.11. The minimum atomic E-state index is 0.287. The number of thiazole rings is 1. The van der Waals surface area contributed by atoms with Crippen LogP contribution in [-0.4, -0.2) is 4.98 Å². The van der Waals surface area contributed by atoms with Crippen molar-refractivity contribution in [3.05, 3.63) is 15.6 Å². The smallest absolute Gasteiger partial charge is 0.0900 e. The van der Waals surface area contributed by atoms with Gasteiger partial charge in [0.25, 0.3) is 0 Å². The maximum Gasteiger partial charge on any atom is 0.0900 e. The maximum atomic E-state index is 4.64. The molecule has 0 aromatic carbocycles. The summed E-state index contributed by atoms with van der Waals surface area (Å²) >= 11 is 1.82. The highest BCUT2D eigenvalue weighted by Gasteiger charge is 2.26. The molecule has 0 saturated heterocycles. The third kappa shape index (κ3) is 1.93. The van der Waals surface area contributed by atoms with Crippen molar-refractivity contribution in [2.45, 2.75) is 52.9 Å². The van der Waals surface area contributed by atoms with Crippen molar-refractivity contribution >= 4 is 11.3 Å². The van der Waals surface area contributed by atoms with E-state index >= 15 is 0 Å². The summed E-state index contributed by atoms with van der Waals surface area (Å²) in [5.41, 5.74) is 1.61. The lowest BCUT2D eigenvalue weighted by Gasteiger charge is -2.25. The molecule has 0 aliphatic rings. The van der Waals surface area contributed by atoms with E-state index in [4.69, 9.17) is 0 Å². The van der Waals surface area contributed by atoms with Crippen molar-refractivity contribution in [3.63, 3.8) is 0 Å². The molecule has 0 radical (unpaired) electrons. The van der Waals surface area contributed by atoms with E-state index < -0.39 is 0 Å². The molecule has 13 heavy (non-hydrogen) atoms. The van der Waals surface area contributed by atoms with Gasteiger partial charge in [-0.25, -0.2) is 4.98 Å². The van der Waals surface area contributed by atoms with Gasteiger partial charge in [-0.3, -0.25) is 0 Å². The van der Waals surface area contributed by atoms with Crippen LogP contribution < -0.4 is 0 Å². The van der Waals surface area contributed by atoms with Crippen LogP contribution in [0.3, 0.4) is 0 Å². The van der Waals surface area contributed by atoms with Crippen molar-refractivity contribution in [2.75, 3.05) is 0 Å². The van der Waals surface area contributed by atoms with Crippen LogP contribution in [-0.2, 0) is 5.41 Å². The third-order valence-corrected chi connectivity index (χ3v) is 3.92. The molecular formula is C11H19NS. The zero-order chi connectivity index (χ0) is 10.1. The zero-order valence-electron chi connectivity index (χ0n) is 9.27. The van der Waals surface area contributed by atoms with Gasteiger partial charge in [-0.1, -0.05) is 20.8 Å². The number of aryl methyl sites for hydroxylation is 2.